The van der Waals surface area contributed by atoms with Crippen LogP contribution in [0.2, 0.25) is 0 Å². The number of nitrogens with zero attached hydrogens (tertiary/aromatic N) is 2. The van der Waals surface area contributed by atoms with E-state index in [0.29, 0.717) is 5.11 Å². The minimum absolute atomic E-state index is 0.438. The molecule has 0 fully saturated rings. The minimum atomic E-state index is 0.438. The fourth-order valence-corrected chi connectivity index (χ4v) is 2.36. The van der Waals surface area contributed by atoms with Crippen LogP contribution in [-0.2, 0) is 0 Å². The van der Waals surface area contributed by atoms with Gasteiger partial charge in [-0.3, -0.25) is 5.43 Å². The SMILES string of the molecule is Cc1cccc(NC(=S)N/N=C/c2ccc3ccccc3n2)c1. The highest BCUT2D eigenvalue weighted by Crippen LogP contribution is 2.11. The number of benzene rings is 2. The van der Waals surface area contributed by atoms with Crippen molar-refractivity contribution in [1.82, 2.24) is 10.4 Å². The van der Waals surface area contributed by atoms with Crippen molar-refractivity contribution >= 4 is 40.1 Å². The van der Waals surface area contributed by atoms with E-state index in [9.17, 15) is 0 Å². The second-order valence-corrected chi connectivity index (χ2v) is 5.53. The van der Waals surface area contributed by atoms with Crippen LogP contribution < -0.4 is 10.7 Å². The van der Waals surface area contributed by atoms with Gasteiger partial charge >= 0.3 is 0 Å². The van der Waals surface area contributed by atoms with Gasteiger partial charge in [0, 0.05) is 11.1 Å². The van der Waals surface area contributed by atoms with E-state index in [-0.39, 0.29) is 0 Å². The van der Waals surface area contributed by atoms with Gasteiger partial charge in [-0.1, -0.05) is 36.4 Å². The Morgan fingerprint density at radius 3 is 2.83 bits per heavy atom. The van der Waals surface area contributed by atoms with Gasteiger partial charge in [-0.05, 0) is 49.0 Å². The summed E-state index contributed by atoms with van der Waals surface area (Å²) in [6, 6.07) is 19.9. The smallest absolute Gasteiger partial charge is 0.191 e. The molecule has 4 nitrogen and oxygen atoms in total. The van der Waals surface area contributed by atoms with Crippen molar-refractivity contribution in [3.05, 3.63) is 71.9 Å². The predicted molar refractivity (Wildman–Crippen MR) is 99.9 cm³/mol. The Hall–Kier alpha value is -2.79. The average Bonchev–Trinajstić information content (AvgIpc) is 2.55. The molecule has 0 radical (unpaired) electrons. The molecule has 2 N–H and O–H groups in total. The number of thiocarbonyl (C=S) groups is 1. The first-order chi connectivity index (χ1) is 11.2. The molecule has 3 aromatic rings. The summed E-state index contributed by atoms with van der Waals surface area (Å²) in [5.41, 5.74) is 6.61. The summed E-state index contributed by atoms with van der Waals surface area (Å²) < 4.78 is 0. The molecule has 2 aromatic carbocycles. The summed E-state index contributed by atoms with van der Waals surface area (Å²) in [7, 11) is 0. The lowest BCUT2D eigenvalue weighted by atomic mass is 10.2. The number of fused-ring (bicyclic) bond motifs is 1. The van der Waals surface area contributed by atoms with Gasteiger partial charge in [0.25, 0.3) is 0 Å². The third kappa shape index (κ3) is 4.11. The van der Waals surface area contributed by atoms with Gasteiger partial charge in [-0.2, -0.15) is 5.10 Å². The number of para-hydroxylation sites is 1. The maximum atomic E-state index is 5.22. The van der Waals surface area contributed by atoms with E-state index in [2.05, 4.69) is 20.8 Å². The molecule has 23 heavy (non-hydrogen) atoms. The average molecular weight is 320 g/mol. The second-order valence-electron chi connectivity index (χ2n) is 5.12. The molecular formula is C18H16N4S. The van der Waals surface area contributed by atoms with Gasteiger partial charge in [0.05, 0.1) is 17.4 Å². The Morgan fingerprint density at radius 1 is 1.09 bits per heavy atom. The third-order valence-electron chi connectivity index (χ3n) is 3.26. The second kappa shape index (κ2) is 6.98. The van der Waals surface area contributed by atoms with Crippen LogP contribution in [0.1, 0.15) is 11.3 Å². The molecule has 0 unspecified atom stereocenters. The Labute approximate surface area is 140 Å². The lowest BCUT2D eigenvalue weighted by Gasteiger charge is -2.07. The van der Waals surface area contributed by atoms with Crippen LogP contribution in [0.25, 0.3) is 10.9 Å². The number of anilines is 1. The molecule has 114 valence electrons. The lowest BCUT2D eigenvalue weighted by molar-refractivity contribution is 1.05. The van der Waals surface area contributed by atoms with Crippen LogP contribution in [0.5, 0.6) is 0 Å². The Balaban J connectivity index is 1.62. The predicted octanol–water partition coefficient (Wildman–Crippen LogP) is 3.86. The lowest BCUT2D eigenvalue weighted by Crippen LogP contribution is -2.23. The van der Waals surface area contributed by atoms with Crippen LogP contribution in [0, 0.1) is 6.92 Å². The Bertz CT molecular complexity index is 874. The van der Waals surface area contributed by atoms with Gasteiger partial charge in [-0.25, -0.2) is 4.98 Å². The van der Waals surface area contributed by atoms with Crippen molar-refractivity contribution in [2.45, 2.75) is 6.92 Å². The number of aromatic nitrogens is 1. The van der Waals surface area contributed by atoms with E-state index < -0.39 is 0 Å². The van der Waals surface area contributed by atoms with E-state index in [0.717, 1.165) is 22.3 Å². The molecule has 0 bridgehead atoms. The van der Waals surface area contributed by atoms with Crippen LogP contribution in [0.15, 0.2) is 65.8 Å². The molecular weight excluding hydrogens is 304 g/mol. The highest BCUT2D eigenvalue weighted by atomic mass is 32.1. The summed E-state index contributed by atoms with van der Waals surface area (Å²) in [6.07, 6.45) is 1.65. The zero-order valence-electron chi connectivity index (χ0n) is 12.7. The van der Waals surface area contributed by atoms with E-state index in [1.807, 2.05) is 67.6 Å². The monoisotopic (exact) mass is 320 g/mol. The van der Waals surface area contributed by atoms with E-state index >= 15 is 0 Å². The molecule has 1 aromatic heterocycles. The van der Waals surface area contributed by atoms with Crippen LogP contribution in [0.4, 0.5) is 5.69 Å². The topological polar surface area (TPSA) is 49.3 Å². The van der Waals surface area contributed by atoms with Crippen molar-refractivity contribution in [3.63, 3.8) is 0 Å². The van der Waals surface area contributed by atoms with Gasteiger partial charge in [0.1, 0.15) is 0 Å². The molecule has 0 saturated carbocycles. The maximum absolute atomic E-state index is 5.22. The molecule has 5 heteroatoms. The first-order valence-electron chi connectivity index (χ1n) is 7.23. The maximum Gasteiger partial charge on any atom is 0.191 e. The fraction of sp³-hybridized carbons (Fsp3) is 0.0556. The number of hydrazone groups is 1. The Kier molecular flexibility index (Phi) is 4.59. The largest absolute Gasteiger partial charge is 0.331 e. The van der Waals surface area contributed by atoms with Crippen molar-refractivity contribution in [2.75, 3.05) is 5.32 Å². The molecule has 0 aliphatic carbocycles. The van der Waals surface area contributed by atoms with Gasteiger partial charge in [0.2, 0.25) is 0 Å². The highest BCUT2D eigenvalue weighted by molar-refractivity contribution is 7.80. The molecule has 0 spiro atoms. The normalized spacial score (nSPS) is 10.8. The molecule has 0 saturated heterocycles. The summed E-state index contributed by atoms with van der Waals surface area (Å²) in [5, 5.41) is 8.75. The summed E-state index contributed by atoms with van der Waals surface area (Å²) in [5.74, 6) is 0. The van der Waals surface area contributed by atoms with Crippen molar-refractivity contribution in [3.8, 4) is 0 Å². The first kappa shape index (κ1) is 15.1. The van der Waals surface area contributed by atoms with E-state index in [4.69, 9.17) is 12.2 Å². The van der Waals surface area contributed by atoms with Crippen molar-refractivity contribution in [1.29, 1.82) is 0 Å². The fourth-order valence-electron chi connectivity index (χ4n) is 2.19. The summed E-state index contributed by atoms with van der Waals surface area (Å²) >= 11 is 5.22. The molecule has 0 aliphatic heterocycles. The number of aryl methyl sites for hydroxylation is 1. The third-order valence-corrected chi connectivity index (χ3v) is 3.45. The van der Waals surface area contributed by atoms with Crippen molar-refractivity contribution in [2.24, 2.45) is 5.10 Å². The summed E-state index contributed by atoms with van der Waals surface area (Å²) in [4.78, 5) is 4.51. The van der Waals surface area contributed by atoms with Gasteiger partial charge in [-0.15, -0.1) is 0 Å². The molecule has 0 amide bonds. The quantitative estimate of drug-likeness (QED) is 0.437. The highest BCUT2D eigenvalue weighted by Gasteiger charge is 1.97. The zero-order chi connectivity index (χ0) is 16.1. The zero-order valence-corrected chi connectivity index (χ0v) is 13.5. The van der Waals surface area contributed by atoms with E-state index in [1.165, 1.54) is 5.56 Å². The van der Waals surface area contributed by atoms with E-state index in [1.54, 1.807) is 6.21 Å². The standard InChI is InChI=1S/C18H16N4S/c1-13-5-4-7-15(11-13)21-18(23)22-19-12-16-10-9-14-6-2-3-8-17(14)20-16/h2-12H,1H3,(H2,21,22,23)/b19-12+. The molecule has 1 heterocycles. The number of hydrogen-bond donors (Lipinski definition) is 2. The Morgan fingerprint density at radius 2 is 1.96 bits per heavy atom. The van der Waals surface area contributed by atoms with Crippen molar-refractivity contribution < 1.29 is 0 Å². The minimum Gasteiger partial charge on any atom is -0.331 e. The number of rotatable bonds is 3. The summed E-state index contributed by atoms with van der Waals surface area (Å²) in [6.45, 7) is 2.03. The molecule has 3 rings (SSSR count). The first-order valence-corrected chi connectivity index (χ1v) is 7.64. The molecule has 0 aliphatic rings. The van der Waals surface area contributed by atoms with Crippen LogP contribution in [-0.4, -0.2) is 16.3 Å². The van der Waals surface area contributed by atoms with Crippen LogP contribution >= 0.6 is 12.2 Å². The van der Waals surface area contributed by atoms with Gasteiger partial charge < -0.3 is 5.32 Å². The number of nitrogens with one attached hydrogen (secondary N) is 2. The number of hydrogen-bond acceptors (Lipinski definition) is 3. The number of pyridine rings is 1. The van der Waals surface area contributed by atoms with Gasteiger partial charge in [0.15, 0.2) is 5.11 Å². The van der Waals surface area contributed by atoms with Crippen LogP contribution in [0.3, 0.4) is 0 Å². The molecule has 0 atom stereocenters.